The predicted molar refractivity (Wildman–Crippen MR) is 57.4 cm³/mol. The van der Waals surface area contributed by atoms with Gasteiger partial charge in [0, 0.05) is 13.3 Å². The molecule has 0 aromatic rings. The van der Waals surface area contributed by atoms with Gasteiger partial charge < -0.3 is 4.74 Å². The number of carbonyl (C=O) groups excluding carboxylic acids is 2. The van der Waals surface area contributed by atoms with Gasteiger partial charge in [-0.15, -0.1) is 0 Å². The molecule has 2 unspecified atom stereocenters. The van der Waals surface area contributed by atoms with Crippen molar-refractivity contribution < 1.29 is 14.3 Å². The van der Waals surface area contributed by atoms with Crippen molar-refractivity contribution in [3.05, 3.63) is 0 Å². The molecule has 3 heteroatoms. The molecule has 86 valence electrons. The monoisotopic (exact) mass is 212 g/mol. The van der Waals surface area contributed by atoms with E-state index in [1.807, 2.05) is 0 Å². The fourth-order valence-corrected chi connectivity index (χ4v) is 2.19. The third kappa shape index (κ3) is 3.65. The summed E-state index contributed by atoms with van der Waals surface area (Å²) in [6.45, 7) is 3.55. The van der Waals surface area contributed by atoms with Crippen LogP contribution in [0.25, 0.3) is 0 Å². The normalized spacial score (nSPS) is 25.6. The van der Waals surface area contributed by atoms with Gasteiger partial charge in [-0.05, 0) is 12.8 Å². The fraction of sp³-hybridized carbons (Fsp3) is 0.833. The number of esters is 1. The number of hydrogen-bond donors (Lipinski definition) is 0. The third-order valence-corrected chi connectivity index (χ3v) is 2.97. The van der Waals surface area contributed by atoms with Gasteiger partial charge in [-0.1, -0.05) is 26.2 Å². The number of unbranched alkanes of at least 4 members (excludes halogenated alkanes) is 2. The predicted octanol–water partition coefficient (Wildman–Crippen LogP) is 2.48. The Labute approximate surface area is 91.2 Å². The number of ketones is 1. The Bertz CT molecular complexity index is 235. The maximum Gasteiger partial charge on any atom is 0.302 e. The quantitative estimate of drug-likeness (QED) is 0.519. The summed E-state index contributed by atoms with van der Waals surface area (Å²) in [6.07, 6.45) is 5.39. The summed E-state index contributed by atoms with van der Waals surface area (Å²) in [4.78, 5) is 22.4. The third-order valence-electron chi connectivity index (χ3n) is 2.97. The van der Waals surface area contributed by atoms with Crippen LogP contribution in [0.4, 0.5) is 0 Å². The van der Waals surface area contributed by atoms with Crippen molar-refractivity contribution in [2.75, 3.05) is 0 Å². The number of rotatable bonds is 5. The lowest BCUT2D eigenvalue weighted by Crippen LogP contribution is -2.24. The molecule has 0 heterocycles. The zero-order valence-electron chi connectivity index (χ0n) is 9.62. The highest BCUT2D eigenvalue weighted by Gasteiger charge is 2.36. The van der Waals surface area contributed by atoms with Gasteiger partial charge in [-0.3, -0.25) is 9.59 Å². The van der Waals surface area contributed by atoms with Crippen LogP contribution in [-0.4, -0.2) is 17.9 Å². The Hall–Kier alpha value is -0.860. The summed E-state index contributed by atoms with van der Waals surface area (Å²) in [5.41, 5.74) is 0. The molecular weight excluding hydrogens is 192 g/mol. The second-order valence-corrected chi connectivity index (χ2v) is 4.26. The summed E-state index contributed by atoms with van der Waals surface area (Å²) >= 11 is 0. The van der Waals surface area contributed by atoms with Gasteiger partial charge >= 0.3 is 5.97 Å². The molecule has 0 radical (unpaired) electrons. The van der Waals surface area contributed by atoms with E-state index in [4.69, 9.17) is 4.74 Å². The zero-order valence-corrected chi connectivity index (χ0v) is 9.62. The van der Waals surface area contributed by atoms with Crippen molar-refractivity contribution in [3.8, 4) is 0 Å². The first kappa shape index (κ1) is 12.2. The van der Waals surface area contributed by atoms with Crippen molar-refractivity contribution in [3.63, 3.8) is 0 Å². The Morgan fingerprint density at radius 1 is 1.47 bits per heavy atom. The summed E-state index contributed by atoms with van der Waals surface area (Å²) < 4.78 is 5.17. The largest absolute Gasteiger partial charge is 0.462 e. The first-order chi connectivity index (χ1) is 7.15. The second kappa shape index (κ2) is 5.89. The van der Waals surface area contributed by atoms with Crippen LogP contribution < -0.4 is 0 Å². The van der Waals surface area contributed by atoms with E-state index in [1.54, 1.807) is 0 Å². The van der Waals surface area contributed by atoms with Crippen LogP contribution >= 0.6 is 0 Å². The molecule has 0 aliphatic heterocycles. The van der Waals surface area contributed by atoms with Crippen LogP contribution in [0.1, 0.15) is 52.4 Å². The number of carbonyl (C=O) groups is 2. The summed E-state index contributed by atoms with van der Waals surface area (Å²) in [5, 5.41) is 0. The molecule has 0 amide bonds. The van der Waals surface area contributed by atoms with Gasteiger partial charge in [-0.2, -0.15) is 0 Å². The lowest BCUT2D eigenvalue weighted by molar-refractivity contribution is -0.148. The SMILES string of the molecule is CCCCCC1C(=O)CCC1OC(C)=O. The van der Waals surface area contributed by atoms with E-state index in [0.29, 0.717) is 6.42 Å². The molecule has 1 fully saturated rings. The van der Waals surface area contributed by atoms with E-state index >= 15 is 0 Å². The van der Waals surface area contributed by atoms with E-state index in [-0.39, 0.29) is 23.8 Å². The van der Waals surface area contributed by atoms with E-state index in [2.05, 4.69) is 6.92 Å². The van der Waals surface area contributed by atoms with Crippen LogP contribution in [0.2, 0.25) is 0 Å². The first-order valence-corrected chi connectivity index (χ1v) is 5.85. The highest BCUT2D eigenvalue weighted by Crippen LogP contribution is 2.29. The van der Waals surface area contributed by atoms with Crippen LogP contribution in [0.3, 0.4) is 0 Å². The van der Waals surface area contributed by atoms with Crippen molar-refractivity contribution in [1.82, 2.24) is 0 Å². The Kier molecular flexibility index (Phi) is 4.79. The lowest BCUT2D eigenvalue weighted by Gasteiger charge is -2.17. The van der Waals surface area contributed by atoms with E-state index in [9.17, 15) is 9.59 Å². The number of hydrogen-bond acceptors (Lipinski definition) is 3. The number of ether oxygens (including phenoxy) is 1. The minimum absolute atomic E-state index is 0.0274. The Morgan fingerprint density at radius 2 is 2.20 bits per heavy atom. The molecule has 0 aromatic carbocycles. The van der Waals surface area contributed by atoms with Gasteiger partial charge in [0.05, 0.1) is 5.92 Å². The van der Waals surface area contributed by atoms with Gasteiger partial charge in [0.1, 0.15) is 11.9 Å². The van der Waals surface area contributed by atoms with Gasteiger partial charge in [0.15, 0.2) is 0 Å². The topological polar surface area (TPSA) is 43.4 Å². The standard InChI is InChI=1S/C12H20O3/c1-3-4-5-6-10-11(14)7-8-12(10)15-9(2)13/h10,12H,3-8H2,1-2H3. The molecule has 0 aromatic heterocycles. The zero-order chi connectivity index (χ0) is 11.3. The molecule has 1 saturated carbocycles. The molecule has 1 rings (SSSR count). The minimum atomic E-state index is -0.268. The summed E-state index contributed by atoms with van der Waals surface area (Å²) in [7, 11) is 0. The maximum atomic E-state index is 11.6. The molecule has 1 aliphatic rings. The van der Waals surface area contributed by atoms with E-state index in [0.717, 1.165) is 32.1 Å². The van der Waals surface area contributed by atoms with Crippen LogP contribution in [-0.2, 0) is 14.3 Å². The minimum Gasteiger partial charge on any atom is -0.462 e. The van der Waals surface area contributed by atoms with E-state index < -0.39 is 0 Å². The summed E-state index contributed by atoms with van der Waals surface area (Å²) in [6, 6.07) is 0. The lowest BCUT2D eigenvalue weighted by atomic mass is 9.97. The molecule has 1 aliphatic carbocycles. The van der Waals surface area contributed by atoms with Crippen molar-refractivity contribution in [1.29, 1.82) is 0 Å². The molecule has 0 bridgehead atoms. The number of Topliss-reactive ketones (excluding diaryl/α,β-unsaturated/α-hetero) is 1. The van der Waals surface area contributed by atoms with Gasteiger partial charge in [0.25, 0.3) is 0 Å². The first-order valence-electron chi connectivity index (χ1n) is 5.85. The maximum absolute atomic E-state index is 11.6. The molecular formula is C12H20O3. The van der Waals surface area contributed by atoms with Crippen LogP contribution in [0, 0.1) is 5.92 Å². The smallest absolute Gasteiger partial charge is 0.302 e. The Morgan fingerprint density at radius 3 is 2.80 bits per heavy atom. The molecule has 0 saturated heterocycles. The highest BCUT2D eigenvalue weighted by molar-refractivity contribution is 5.84. The van der Waals surface area contributed by atoms with Crippen LogP contribution in [0.15, 0.2) is 0 Å². The molecule has 0 spiro atoms. The van der Waals surface area contributed by atoms with Crippen LogP contribution in [0.5, 0.6) is 0 Å². The fourth-order valence-electron chi connectivity index (χ4n) is 2.19. The molecule has 3 nitrogen and oxygen atoms in total. The molecule has 2 atom stereocenters. The highest BCUT2D eigenvalue weighted by atomic mass is 16.5. The average Bonchev–Trinajstić information content (AvgIpc) is 2.49. The van der Waals surface area contributed by atoms with Gasteiger partial charge in [0.2, 0.25) is 0 Å². The Balaban J connectivity index is 2.41. The van der Waals surface area contributed by atoms with Crippen molar-refractivity contribution in [2.24, 2.45) is 5.92 Å². The second-order valence-electron chi connectivity index (χ2n) is 4.26. The van der Waals surface area contributed by atoms with E-state index in [1.165, 1.54) is 6.92 Å². The van der Waals surface area contributed by atoms with Gasteiger partial charge in [-0.25, -0.2) is 0 Å². The van der Waals surface area contributed by atoms with Crippen molar-refractivity contribution >= 4 is 11.8 Å². The summed E-state index contributed by atoms with van der Waals surface area (Å²) in [5.74, 6) is -0.0204. The molecule has 0 N–H and O–H groups in total. The average molecular weight is 212 g/mol. The molecule has 15 heavy (non-hydrogen) atoms. The van der Waals surface area contributed by atoms with Crippen molar-refractivity contribution in [2.45, 2.75) is 58.5 Å².